The van der Waals surface area contributed by atoms with Crippen molar-refractivity contribution in [1.82, 2.24) is 4.98 Å². The monoisotopic (exact) mass is 472 g/mol. The lowest BCUT2D eigenvalue weighted by Crippen LogP contribution is -2.38. The number of rotatable bonds is 9. The molecule has 2 heterocycles. The minimum absolute atomic E-state index is 0.0434. The van der Waals surface area contributed by atoms with Crippen molar-refractivity contribution in [3.05, 3.63) is 59.7 Å². The van der Waals surface area contributed by atoms with Crippen LogP contribution in [0.15, 0.2) is 48.5 Å². The highest BCUT2D eigenvalue weighted by Crippen LogP contribution is 2.31. The predicted octanol–water partition coefficient (Wildman–Crippen LogP) is 4.38. The van der Waals surface area contributed by atoms with Gasteiger partial charge in [-0.3, -0.25) is 9.69 Å². The highest BCUT2D eigenvalue weighted by atomic mass is 32.2. The quantitative estimate of drug-likeness (QED) is 0.462. The molecule has 1 aromatic heterocycles. The molecule has 1 fully saturated rings. The Hall–Kier alpha value is -2.29. The van der Waals surface area contributed by atoms with Gasteiger partial charge in [0.2, 0.25) is 5.91 Å². The van der Waals surface area contributed by atoms with Gasteiger partial charge in [-0.2, -0.15) is 0 Å². The average Bonchev–Trinajstić information content (AvgIpc) is 3.45. The Balaban J connectivity index is 1.51. The zero-order valence-electron chi connectivity index (χ0n) is 18.2. The Labute approximate surface area is 193 Å². The van der Waals surface area contributed by atoms with Gasteiger partial charge < -0.3 is 4.74 Å². The minimum Gasteiger partial charge on any atom is -0.376 e. The first-order valence-electron chi connectivity index (χ1n) is 11.0. The van der Waals surface area contributed by atoms with Crippen LogP contribution < -0.4 is 4.90 Å². The summed E-state index contributed by atoms with van der Waals surface area (Å²) in [4.78, 5) is 19.5. The fraction of sp³-hybridized carbons (Fsp3) is 0.417. The molecule has 1 saturated heterocycles. The van der Waals surface area contributed by atoms with Crippen LogP contribution in [0.5, 0.6) is 0 Å². The summed E-state index contributed by atoms with van der Waals surface area (Å²) >= 11 is 1.47. The molecule has 32 heavy (non-hydrogen) atoms. The lowest BCUT2D eigenvalue weighted by atomic mass is 10.2. The predicted molar refractivity (Wildman–Crippen MR) is 129 cm³/mol. The summed E-state index contributed by atoms with van der Waals surface area (Å²) in [5.41, 5.74) is 2.80. The van der Waals surface area contributed by atoms with E-state index in [0.29, 0.717) is 18.3 Å². The molecule has 8 heteroatoms. The number of carbonyl (C=O) groups is 1. The molecule has 1 amide bonds. The largest absolute Gasteiger partial charge is 0.376 e. The first kappa shape index (κ1) is 22.9. The minimum atomic E-state index is -3.40. The molecule has 1 atom stereocenters. The normalized spacial score (nSPS) is 16.5. The summed E-state index contributed by atoms with van der Waals surface area (Å²) in [7, 11) is -3.40. The molecule has 2 aromatic carbocycles. The first-order chi connectivity index (χ1) is 15.4. The number of thiazole rings is 1. The third-order valence-electron chi connectivity index (χ3n) is 5.65. The van der Waals surface area contributed by atoms with E-state index < -0.39 is 9.84 Å². The van der Waals surface area contributed by atoms with Crippen molar-refractivity contribution in [3.8, 4) is 0 Å². The molecule has 0 bridgehead atoms. The van der Waals surface area contributed by atoms with Crippen LogP contribution in [0.4, 0.5) is 5.13 Å². The lowest BCUT2D eigenvalue weighted by molar-refractivity contribution is -0.118. The Morgan fingerprint density at radius 1 is 1.19 bits per heavy atom. The highest BCUT2D eigenvalue weighted by Gasteiger charge is 2.27. The molecule has 1 aliphatic heterocycles. The number of amides is 1. The number of ether oxygens (including phenoxy) is 1. The van der Waals surface area contributed by atoms with Gasteiger partial charge in [-0.05, 0) is 42.5 Å². The van der Waals surface area contributed by atoms with E-state index in [-0.39, 0.29) is 29.9 Å². The summed E-state index contributed by atoms with van der Waals surface area (Å²) < 4.78 is 32.0. The summed E-state index contributed by atoms with van der Waals surface area (Å²) in [6.45, 7) is 3.20. The van der Waals surface area contributed by atoms with E-state index in [4.69, 9.17) is 4.74 Å². The van der Waals surface area contributed by atoms with Crippen LogP contribution in [0.1, 0.15) is 37.3 Å². The average molecular weight is 473 g/mol. The summed E-state index contributed by atoms with van der Waals surface area (Å²) in [5.74, 6) is -0.478. The Bertz CT molecular complexity index is 1170. The number of carbonyl (C=O) groups excluding carboxylic acids is 1. The number of anilines is 1. The van der Waals surface area contributed by atoms with Gasteiger partial charge in [0.25, 0.3) is 0 Å². The summed E-state index contributed by atoms with van der Waals surface area (Å²) in [5, 5.41) is 0.606. The van der Waals surface area contributed by atoms with Crippen LogP contribution in [0.2, 0.25) is 0 Å². The van der Waals surface area contributed by atoms with Gasteiger partial charge in [0.1, 0.15) is 0 Å². The van der Waals surface area contributed by atoms with Gasteiger partial charge in [-0.25, -0.2) is 13.4 Å². The van der Waals surface area contributed by atoms with Gasteiger partial charge in [0, 0.05) is 13.0 Å². The molecule has 1 aliphatic rings. The maximum Gasteiger partial charge on any atom is 0.229 e. The zero-order chi connectivity index (χ0) is 22.6. The molecule has 3 aromatic rings. The van der Waals surface area contributed by atoms with E-state index >= 15 is 0 Å². The molecule has 1 unspecified atom stereocenters. The molecule has 0 radical (unpaired) electrons. The number of hydrogen-bond donors (Lipinski definition) is 0. The second-order valence-corrected chi connectivity index (χ2v) is 11.3. The van der Waals surface area contributed by atoms with Crippen LogP contribution >= 0.6 is 11.3 Å². The smallest absolute Gasteiger partial charge is 0.229 e. The molecular weight excluding hydrogens is 444 g/mol. The van der Waals surface area contributed by atoms with Crippen molar-refractivity contribution < 1.29 is 17.9 Å². The topological polar surface area (TPSA) is 76.6 Å². The Kier molecular flexibility index (Phi) is 7.23. The van der Waals surface area contributed by atoms with E-state index in [1.54, 1.807) is 17.0 Å². The molecule has 6 nitrogen and oxygen atoms in total. The molecule has 0 saturated carbocycles. The second-order valence-electron chi connectivity index (χ2n) is 8.12. The number of sulfone groups is 1. The van der Waals surface area contributed by atoms with E-state index in [1.807, 2.05) is 30.3 Å². The number of aromatic nitrogens is 1. The van der Waals surface area contributed by atoms with Crippen LogP contribution in [0.25, 0.3) is 10.2 Å². The number of aryl methyl sites for hydroxylation is 1. The second kappa shape index (κ2) is 10.1. The van der Waals surface area contributed by atoms with Crippen LogP contribution in [-0.4, -0.2) is 44.3 Å². The standard InChI is InChI=1S/C24H28N2O4S2/c1-2-18-10-11-21-22(15-18)31-24(25-21)26(16-20-9-6-13-30-20)23(27)12-14-32(28,29)17-19-7-4-3-5-8-19/h3-5,7-8,10-11,15,20H,2,6,9,12-14,16-17H2,1H3. The fourth-order valence-corrected chi connectivity index (χ4v) is 6.23. The maximum absolute atomic E-state index is 13.2. The number of benzene rings is 2. The molecular formula is C24H28N2O4S2. The van der Waals surface area contributed by atoms with E-state index in [2.05, 4.69) is 18.0 Å². The number of hydrogen-bond acceptors (Lipinski definition) is 6. The first-order valence-corrected chi connectivity index (χ1v) is 13.6. The van der Waals surface area contributed by atoms with Crippen molar-refractivity contribution >= 4 is 42.4 Å². The fourth-order valence-electron chi connectivity index (χ4n) is 3.85. The SMILES string of the molecule is CCc1ccc2nc(N(CC3CCCO3)C(=O)CCS(=O)(=O)Cc3ccccc3)sc2c1. The zero-order valence-corrected chi connectivity index (χ0v) is 19.8. The number of nitrogens with zero attached hydrogens (tertiary/aromatic N) is 2. The van der Waals surface area contributed by atoms with Crippen LogP contribution in [0.3, 0.4) is 0 Å². The maximum atomic E-state index is 13.2. The lowest BCUT2D eigenvalue weighted by Gasteiger charge is -2.23. The molecule has 0 aliphatic carbocycles. The van der Waals surface area contributed by atoms with Crippen molar-refractivity contribution in [1.29, 1.82) is 0 Å². The third kappa shape index (κ3) is 5.74. The van der Waals surface area contributed by atoms with Gasteiger partial charge in [-0.15, -0.1) is 0 Å². The molecule has 4 rings (SSSR count). The summed E-state index contributed by atoms with van der Waals surface area (Å²) in [6.07, 6.45) is 2.68. The molecule has 0 spiro atoms. The molecule has 170 valence electrons. The van der Waals surface area contributed by atoms with Crippen LogP contribution in [0, 0.1) is 0 Å². The van der Waals surface area contributed by atoms with Crippen molar-refractivity contribution in [2.75, 3.05) is 23.8 Å². The summed E-state index contributed by atoms with van der Waals surface area (Å²) in [6, 6.07) is 15.2. The number of fused-ring (bicyclic) bond motifs is 1. The van der Waals surface area contributed by atoms with Crippen LogP contribution in [-0.2, 0) is 31.5 Å². The van der Waals surface area contributed by atoms with E-state index in [1.165, 1.54) is 16.9 Å². The highest BCUT2D eigenvalue weighted by molar-refractivity contribution is 7.90. The van der Waals surface area contributed by atoms with Crippen molar-refractivity contribution in [3.63, 3.8) is 0 Å². The van der Waals surface area contributed by atoms with Gasteiger partial charge in [-0.1, -0.05) is 54.7 Å². The van der Waals surface area contributed by atoms with Gasteiger partial charge in [0.15, 0.2) is 15.0 Å². The van der Waals surface area contributed by atoms with Crippen molar-refractivity contribution in [2.45, 2.75) is 44.5 Å². The van der Waals surface area contributed by atoms with Gasteiger partial charge >= 0.3 is 0 Å². The van der Waals surface area contributed by atoms with E-state index in [0.717, 1.165) is 35.0 Å². The van der Waals surface area contributed by atoms with Gasteiger partial charge in [0.05, 0.1) is 34.4 Å². The Morgan fingerprint density at radius 3 is 2.72 bits per heavy atom. The third-order valence-corrected chi connectivity index (χ3v) is 8.29. The van der Waals surface area contributed by atoms with E-state index in [9.17, 15) is 13.2 Å². The molecule has 0 N–H and O–H groups in total. The van der Waals surface area contributed by atoms with Crippen molar-refractivity contribution in [2.24, 2.45) is 0 Å². The Morgan fingerprint density at radius 2 is 2.00 bits per heavy atom.